The first-order valence-electron chi connectivity index (χ1n) is 7.58. The third kappa shape index (κ3) is 5.29. The highest BCUT2D eigenvalue weighted by Gasteiger charge is 2.18. The van der Waals surface area contributed by atoms with Crippen LogP contribution in [0.3, 0.4) is 0 Å². The van der Waals surface area contributed by atoms with Gasteiger partial charge in [0.1, 0.15) is 0 Å². The van der Waals surface area contributed by atoms with Gasteiger partial charge in [-0.25, -0.2) is 0 Å². The first-order valence-corrected chi connectivity index (χ1v) is 7.58. The molecule has 0 radical (unpaired) electrons. The summed E-state index contributed by atoms with van der Waals surface area (Å²) < 4.78 is 0. The predicted octanol–water partition coefficient (Wildman–Crippen LogP) is 2.33. The summed E-state index contributed by atoms with van der Waals surface area (Å²) in [7, 11) is 0. The molecule has 3 heteroatoms. The SMILES string of the molecule is CC(C)NCC1CCN(CCc2ccncc2)CC1. The second-order valence-electron chi connectivity index (χ2n) is 5.95. The monoisotopic (exact) mass is 261 g/mol. The van der Waals surface area contributed by atoms with E-state index in [-0.39, 0.29) is 0 Å². The van der Waals surface area contributed by atoms with Crippen LogP contribution in [0, 0.1) is 5.92 Å². The molecule has 1 aliphatic rings. The Bertz CT molecular complexity index is 342. The van der Waals surface area contributed by atoms with E-state index in [4.69, 9.17) is 0 Å². The molecule has 0 aliphatic carbocycles. The standard InChI is InChI=1S/C16H27N3/c1-14(2)18-13-16-6-11-19(12-7-16)10-5-15-3-8-17-9-4-15/h3-4,8-9,14,16,18H,5-7,10-13H2,1-2H3. The van der Waals surface area contributed by atoms with Crippen molar-refractivity contribution >= 4 is 0 Å². The van der Waals surface area contributed by atoms with E-state index < -0.39 is 0 Å². The summed E-state index contributed by atoms with van der Waals surface area (Å²) in [5, 5.41) is 3.56. The van der Waals surface area contributed by atoms with E-state index in [2.05, 4.69) is 41.2 Å². The third-order valence-corrected chi connectivity index (χ3v) is 3.99. The molecule has 1 fully saturated rings. The maximum absolute atomic E-state index is 4.06. The molecular weight excluding hydrogens is 234 g/mol. The normalized spacial score (nSPS) is 18.1. The minimum absolute atomic E-state index is 0.615. The molecular formula is C16H27N3. The Kier molecular flexibility index (Phi) is 5.80. The van der Waals surface area contributed by atoms with Gasteiger partial charge in [0.25, 0.3) is 0 Å². The lowest BCUT2D eigenvalue weighted by Gasteiger charge is -2.32. The average molecular weight is 261 g/mol. The van der Waals surface area contributed by atoms with Crippen molar-refractivity contribution < 1.29 is 0 Å². The molecule has 1 saturated heterocycles. The maximum atomic E-state index is 4.06. The summed E-state index contributed by atoms with van der Waals surface area (Å²) in [6.45, 7) is 9.35. The molecule has 2 rings (SSSR count). The molecule has 1 aromatic heterocycles. The Morgan fingerprint density at radius 3 is 2.58 bits per heavy atom. The lowest BCUT2D eigenvalue weighted by Crippen LogP contribution is -2.39. The van der Waals surface area contributed by atoms with Gasteiger partial charge in [0.05, 0.1) is 0 Å². The van der Waals surface area contributed by atoms with Crippen molar-refractivity contribution in [1.82, 2.24) is 15.2 Å². The highest BCUT2D eigenvalue weighted by atomic mass is 15.1. The van der Waals surface area contributed by atoms with E-state index in [1.165, 1.54) is 44.6 Å². The number of likely N-dealkylation sites (tertiary alicyclic amines) is 1. The van der Waals surface area contributed by atoms with Gasteiger partial charge in [-0.2, -0.15) is 0 Å². The van der Waals surface area contributed by atoms with Crippen molar-refractivity contribution in [2.45, 2.75) is 39.2 Å². The summed E-state index contributed by atoms with van der Waals surface area (Å²) in [5.74, 6) is 0.875. The van der Waals surface area contributed by atoms with E-state index >= 15 is 0 Å². The molecule has 0 aromatic carbocycles. The molecule has 19 heavy (non-hydrogen) atoms. The van der Waals surface area contributed by atoms with Crippen LogP contribution in [0.2, 0.25) is 0 Å². The van der Waals surface area contributed by atoms with Crippen LogP contribution in [0.5, 0.6) is 0 Å². The molecule has 0 spiro atoms. The van der Waals surface area contributed by atoms with Gasteiger partial charge in [-0.05, 0) is 62.5 Å². The van der Waals surface area contributed by atoms with E-state index in [1.54, 1.807) is 0 Å². The second kappa shape index (κ2) is 7.61. The van der Waals surface area contributed by atoms with Crippen LogP contribution in [-0.4, -0.2) is 42.1 Å². The van der Waals surface area contributed by atoms with Crippen LogP contribution < -0.4 is 5.32 Å². The maximum Gasteiger partial charge on any atom is 0.0270 e. The molecule has 0 amide bonds. The number of piperidine rings is 1. The topological polar surface area (TPSA) is 28.2 Å². The zero-order chi connectivity index (χ0) is 13.5. The van der Waals surface area contributed by atoms with Gasteiger partial charge in [-0.15, -0.1) is 0 Å². The molecule has 3 nitrogen and oxygen atoms in total. The first-order chi connectivity index (χ1) is 9.24. The summed E-state index contributed by atoms with van der Waals surface area (Å²) in [6, 6.07) is 4.86. The Morgan fingerprint density at radius 1 is 1.26 bits per heavy atom. The summed E-state index contributed by atoms with van der Waals surface area (Å²) in [4.78, 5) is 6.67. The molecule has 106 valence electrons. The Labute approximate surface area is 117 Å². The molecule has 1 aromatic rings. The summed E-state index contributed by atoms with van der Waals surface area (Å²) in [6.07, 6.45) is 7.61. The van der Waals surface area contributed by atoms with Gasteiger partial charge in [0.2, 0.25) is 0 Å². The van der Waals surface area contributed by atoms with Gasteiger partial charge in [0, 0.05) is 25.0 Å². The third-order valence-electron chi connectivity index (χ3n) is 3.99. The quantitative estimate of drug-likeness (QED) is 0.852. The molecule has 1 aliphatic heterocycles. The lowest BCUT2D eigenvalue weighted by molar-refractivity contribution is 0.182. The van der Waals surface area contributed by atoms with Crippen LogP contribution in [0.1, 0.15) is 32.3 Å². The molecule has 1 N–H and O–H groups in total. The van der Waals surface area contributed by atoms with Crippen molar-refractivity contribution in [2.75, 3.05) is 26.2 Å². The number of rotatable bonds is 6. The summed E-state index contributed by atoms with van der Waals surface area (Å²) >= 11 is 0. The van der Waals surface area contributed by atoms with Crippen molar-refractivity contribution in [3.8, 4) is 0 Å². The van der Waals surface area contributed by atoms with E-state index in [0.717, 1.165) is 12.3 Å². The van der Waals surface area contributed by atoms with Crippen molar-refractivity contribution in [1.29, 1.82) is 0 Å². The molecule has 0 unspecified atom stereocenters. The van der Waals surface area contributed by atoms with Crippen LogP contribution in [0.15, 0.2) is 24.5 Å². The van der Waals surface area contributed by atoms with Crippen LogP contribution in [0.4, 0.5) is 0 Å². The number of hydrogen-bond donors (Lipinski definition) is 1. The van der Waals surface area contributed by atoms with Crippen LogP contribution in [0.25, 0.3) is 0 Å². The Hall–Kier alpha value is -0.930. The summed E-state index contributed by atoms with van der Waals surface area (Å²) in [5.41, 5.74) is 1.40. The highest BCUT2D eigenvalue weighted by molar-refractivity contribution is 5.09. The van der Waals surface area contributed by atoms with Gasteiger partial charge in [-0.1, -0.05) is 13.8 Å². The zero-order valence-corrected chi connectivity index (χ0v) is 12.3. The predicted molar refractivity (Wildman–Crippen MR) is 80.2 cm³/mol. The molecule has 0 saturated carbocycles. The van der Waals surface area contributed by atoms with Gasteiger partial charge < -0.3 is 10.2 Å². The number of pyridine rings is 1. The minimum atomic E-state index is 0.615. The lowest BCUT2D eigenvalue weighted by atomic mass is 9.96. The van der Waals surface area contributed by atoms with E-state index in [0.29, 0.717) is 6.04 Å². The van der Waals surface area contributed by atoms with E-state index in [1.807, 2.05) is 12.4 Å². The average Bonchev–Trinajstić information content (AvgIpc) is 2.45. The largest absolute Gasteiger partial charge is 0.314 e. The van der Waals surface area contributed by atoms with Gasteiger partial charge in [-0.3, -0.25) is 4.98 Å². The fourth-order valence-electron chi connectivity index (χ4n) is 2.65. The molecule has 0 bridgehead atoms. The van der Waals surface area contributed by atoms with Gasteiger partial charge >= 0.3 is 0 Å². The molecule has 0 atom stereocenters. The van der Waals surface area contributed by atoms with Crippen LogP contribution >= 0.6 is 0 Å². The number of nitrogens with zero attached hydrogens (tertiary/aromatic N) is 2. The van der Waals surface area contributed by atoms with Crippen LogP contribution in [-0.2, 0) is 6.42 Å². The van der Waals surface area contributed by atoms with Crippen molar-refractivity contribution in [3.63, 3.8) is 0 Å². The number of nitrogens with one attached hydrogen (secondary N) is 1. The highest BCUT2D eigenvalue weighted by Crippen LogP contribution is 2.16. The fraction of sp³-hybridized carbons (Fsp3) is 0.688. The number of aromatic nitrogens is 1. The van der Waals surface area contributed by atoms with Crippen molar-refractivity contribution in [2.24, 2.45) is 5.92 Å². The minimum Gasteiger partial charge on any atom is -0.314 e. The van der Waals surface area contributed by atoms with Crippen molar-refractivity contribution in [3.05, 3.63) is 30.1 Å². The number of hydrogen-bond acceptors (Lipinski definition) is 3. The smallest absolute Gasteiger partial charge is 0.0270 e. The molecule has 2 heterocycles. The van der Waals surface area contributed by atoms with E-state index in [9.17, 15) is 0 Å². The van der Waals surface area contributed by atoms with Gasteiger partial charge in [0.15, 0.2) is 0 Å². The second-order valence-corrected chi connectivity index (χ2v) is 5.95. The first kappa shape index (κ1) is 14.5. The Balaban J connectivity index is 1.63. The fourth-order valence-corrected chi connectivity index (χ4v) is 2.65. The zero-order valence-electron chi connectivity index (χ0n) is 12.3. The Morgan fingerprint density at radius 2 is 1.95 bits per heavy atom.